The summed E-state index contributed by atoms with van der Waals surface area (Å²) in [6.07, 6.45) is 1.24. The standard InChI is InChI=1S/C12H23NOS/c1-5-11-8-13(6-7-15-11)9-12(3,4)10(2)14/h11H,5-9H2,1-4H3. The molecule has 0 aliphatic carbocycles. The van der Waals surface area contributed by atoms with Gasteiger partial charge in [-0.25, -0.2) is 0 Å². The van der Waals surface area contributed by atoms with Gasteiger partial charge in [0.25, 0.3) is 0 Å². The number of carbonyl (C=O) groups excluding carboxylic acids is 1. The fourth-order valence-corrected chi connectivity index (χ4v) is 3.09. The van der Waals surface area contributed by atoms with Gasteiger partial charge in [0.2, 0.25) is 0 Å². The Bertz CT molecular complexity index is 228. The van der Waals surface area contributed by atoms with E-state index in [0.29, 0.717) is 5.78 Å². The molecule has 0 aromatic rings. The predicted octanol–water partition coefficient (Wildman–Crippen LogP) is 2.43. The molecule has 0 N–H and O–H groups in total. The van der Waals surface area contributed by atoms with Crippen LogP contribution in [0, 0.1) is 5.41 Å². The maximum Gasteiger partial charge on any atom is 0.136 e. The van der Waals surface area contributed by atoms with E-state index in [0.717, 1.165) is 24.9 Å². The predicted molar refractivity (Wildman–Crippen MR) is 67.4 cm³/mol. The fraction of sp³-hybridized carbons (Fsp3) is 0.917. The van der Waals surface area contributed by atoms with Crippen molar-refractivity contribution in [2.24, 2.45) is 5.41 Å². The summed E-state index contributed by atoms with van der Waals surface area (Å²) < 4.78 is 0. The van der Waals surface area contributed by atoms with E-state index in [1.165, 1.54) is 12.2 Å². The van der Waals surface area contributed by atoms with Crippen molar-refractivity contribution in [1.82, 2.24) is 4.90 Å². The number of rotatable bonds is 4. The summed E-state index contributed by atoms with van der Waals surface area (Å²) in [5.41, 5.74) is -0.180. The van der Waals surface area contributed by atoms with Crippen LogP contribution in [0.15, 0.2) is 0 Å². The molecule has 0 saturated carbocycles. The Morgan fingerprint density at radius 2 is 2.20 bits per heavy atom. The van der Waals surface area contributed by atoms with E-state index in [9.17, 15) is 4.79 Å². The summed E-state index contributed by atoms with van der Waals surface area (Å²) in [4.78, 5) is 13.9. The van der Waals surface area contributed by atoms with Crippen molar-refractivity contribution in [3.8, 4) is 0 Å². The summed E-state index contributed by atoms with van der Waals surface area (Å²) in [6, 6.07) is 0. The quantitative estimate of drug-likeness (QED) is 0.738. The highest BCUT2D eigenvalue weighted by atomic mass is 32.2. The zero-order chi connectivity index (χ0) is 11.5. The zero-order valence-corrected chi connectivity index (χ0v) is 11.2. The Balaban J connectivity index is 2.47. The summed E-state index contributed by atoms with van der Waals surface area (Å²) in [5, 5.41) is 0.765. The van der Waals surface area contributed by atoms with Crippen LogP contribution in [-0.2, 0) is 4.79 Å². The second-order valence-electron chi connectivity index (χ2n) is 5.08. The van der Waals surface area contributed by atoms with E-state index in [4.69, 9.17) is 0 Å². The van der Waals surface area contributed by atoms with E-state index in [1.807, 2.05) is 0 Å². The first-order valence-electron chi connectivity index (χ1n) is 5.80. The minimum Gasteiger partial charge on any atom is -0.300 e. The summed E-state index contributed by atoms with van der Waals surface area (Å²) in [7, 11) is 0. The summed E-state index contributed by atoms with van der Waals surface area (Å²) in [5.74, 6) is 1.51. The highest BCUT2D eigenvalue weighted by Crippen LogP contribution is 2.25. The number of thioether (sulfide) groups is 1. The van der Waals surface area contributed by atoms with Crippen LogP contribution in [0.2, 0.25) is 0 Å². The maximum atomic E-state index is 11.5. The molecule has 1 aliphatic heterocycles. The summed E-state index contributed by atoms with van der Waals surface area (Å²) in [6.45, 7) is 11.3. The number of nitrogens with zero attached hydrogens (tertiary/aromatic N) is 1. The highest BCUT2D eigenvalue weighted by molar-refractivity contribution is 8.00. The van der Waals surface area contributed by atoms with Crippen molar-refractivity contribution >= 4 is 17.5 Å². The Morgan fingerprint density at radius 3 is 2.73 bits per heavy atom. The van der Waals surface area contributed by atoms with E-state index >= 15 is 0 Å². The maximum absolute atomic E-state index is 11.5. The van der Waals surface area contributed by atoms with Crippen molar-refractivity contribution in [1.29, 1.82) is 0 Å². The van der Waals surface area contributed by atoms with Gasteiger partial charge in [-0.1, -0.05) is 20.8 Å². The first kappa shape index (κ1) is 13.0. The van der Waals surface area contributed by atoms with Gasteiger partial charge in [-0.3, -0.25) is 4.79 Å². The first-order valence-corrected chi connectivity index (χ1v) is 6.85. The molecule has 0 aromatic heterocycles. The molecule has 1 unspecified atom stereocenters. The zero-order valence-electron chi connectivity index (χ0n) is 10.4. The number of Topliss-reactive ketones (excluding diaryl/α,β-unsaturated/α-hetero) is 1. The third-order valence-corrected chi connectivity index (χ3v) is 4.62. The lowest BCUT2D eigenvalue weighted by molar-refractivity contribution is -0.125. The van der Waals surface area contributed by atoms with Crippen LogP contribution in [0.5, 0.6) is 0 Å². The van der Waals surface area contributed by atoms with E-state index < -0.39 is 0 Å². The first-order chi connectivity index (χ1) is 6.95. The molecule has 0 aromatic carbocycles. The van der Waals surface area contributed by atoms with E-state index in [1.54, 1.807) is 6.92 Å². The molecule has 0 bridgehead atoms. The van der Waals surface area contributed by atoms with E-state index in [2.05, 4.69) is 37.4 Å². The molecule has 15 heavy (non-hydrogen) atoms. The average Bonchev–Trinajstić information content (AvgIpc) is 2.17. The van der Waals surface area contributed by atoms with Gasteiger partial charge in [-0.05, 0) is 13.3 Å². The third-order valence-electron chi connectivity index (χ3n) is 3.25. The van der Waals surface area contributed by atoms with Gasteiger partial charge in [0.05, 0.1) is 0 Å². The van der Waals surface area contributed by atoms with Gasteiger partial charge in [-0.15, -0.1) is 0 Å². The minimum absolute atomic E-state index is 0.180. The lowest BCUT2D eigenvalue weighted by Gasteiger charge is -2.36. The van der Waals surface area contributed by atoms with Gasteiger partial charge < -0.3 is 4.90 Å². The van der Waals surface area contributed by atoms with Crippen molar-refractivity contribution in [2.75, 3.05) is 25.4 Å². The molecule has 2 nitrogen and oxygen atoms in total. The Labute approximate surface area is 97.8 Å². The lowest BCUT2D eigenvalue weighted by Crippen LogP contribution is -2.44. The van der Waals surface area contributed by atoms with Crippen molar-refractivity contribution in [3.05, 3.63) is 0 Å². The Kier molecular flexibility index (Phi) is 4.65. The van der Waals surface area contributed by atoms with Gasteiger partial charge >= 0.3 is 0 Å². The number of hydrogen-bond donors (Lipinski definition) is 0. The molecule has 1 saturated heterocycles. The second kappa shape index (κ2) is 5.35. The van der Waals surface area contributed by atoms with Gasteiger partial charge in [0.15, 0.2) is 0 Å². The molecule has 0 spiro atoms. The highest BCUT2D eigenvalue weighted by Gasteiger charge is 2.29. The second-order valence-corrected chi connectivity index (χ2v) is 6.48. The number of ketones is 1. The smallest absolute Gasteiger partial charge is 0.136 e. The molecule has 1 atom stereocenters. The van der Waals surface area contributed by atoms with Crippen molar-refractivity contribution in [3.63, 3.8) is 0 Å². The normalized spacial score (nSPS) is 24.1. The van der Waals surface area contributed by atoms with Crippen LogP contribution >= 0.6 is 11.8 Å². The molecule has 1 fully saturated rings. The molecule has 1 rings (SSSR count). The molecule has 88 valence electrons. The minimum atomic E-state index is -0.180. The molecule has 1 heterocycles. The largest absolute Gasteiger partial charge is 0.300 e. The van der Waals surface area contributed by atoms with Crippen molar-refractivity contribution < 1.29 is 4.79 Å². The molecule has 1 aliphatic rings. The summed E-state index contributed by atoms with van der Waals surface area (Å²) >= 11 is 2.07. The van der Waals surface area contributed by atoms with Crippen LogP contribution in [0.1, 0.15) is 34.1 Å². The molecule has 0 radical (unpaired) electrons. The van der Waals surface area contributed by atoms with Gasteiger partial charge in [0, 0.05) is 36.1 Å². The average molecular weight is 229 g/mol. The van der Waals surface area contributed by atoms with E-state index in [-0.39, 0.29) is 5.41 Å². The van der Waals surface area contributed by atoms with Crippen molar-refractivity contribution in [2.45, 2.75) is 39.4 Å². The Morgan fingerprint density at radius 1 is 1.53 bits per heavy atom. The lowest BCUT2D eigenvalue weighted by atomic mass is 9.88. The van der Waals surface area contributed by atoms with Crippen LogP contribution in [0.3, 0.4) is 0 Å². The topological polar surface area (TPSA) is 20.3 Å². The molecule has 3 heteroatoms. The molecular weight excluding hydrogens is 206 g/mol. The van der Waals surface area contributed by atoms with Crippen LogP contribution in [-0.4, -0.2) is 41.3 Å². The SMILES string of the molecule is CCC1CN(CC(C)(C)C(C)=O)CCS1. The number of hydrogen-bond acceptors (Lipinski definition) is 3. The number of carbonyl (C=O) groups is 1. The van der Waals surface area contributed by atoms with Crippen LogP contribution in [0.25, 0.3) is 0 Å². The van der Waals surface area contributed by atoms with Gasteiger partial charge in [-0.2, -0.15) is 11.8 Å². The van der Waals surface area contributed by atoms with Crippen LogP contribution in [0.4, 0.5) is 0 Å². The fourth-order valence-electron chi connectivity index (χ4n) is 1.84. The third kappa shape index (κ3) is 3.80. The molecular formula is C12H23NOS. The van der Waals surface area contributed by atoms with Crippen LogP contribution < -0.4 is 0 Å². The monoisotopic (exact) mass is 229 g/mol. The Hall–Kier alpha value is -0.0200. The molecule has 0 amide bonds. The van der Waals surface area contributed by atoms with Gasteiger partial charge in [0.1, 0.15) is 5.78 Å².